The molecule has 0 spiro atoms. The average Bonchev–Trinajstić information content (AvgIpc) is 3.06. The van der Waals surface area contributed by atoms with Gasteiger partial charge in [-0.3, -0.25) is 0 Å². The summed E-state index contributed by atoms with van der Waals surface area (Å²) in [6.07, 6.45) is -0.207. The molecule has 4 nitrogen and oxygen atoms in total. The first-order valence-corrected chi connectivity index (χ1v) is 6.30. The van der Waals surface area contributed by atoms with Crippen LogP contribution in [0.15, 0.2) is 6.07 Å². The van der Waals surface area contributed by atoms with Gasteiger partial charge >= 0.3 is 6.18 Å². The zero-order valence-corrected chi connectivity index (χ0v) is 10.7. The summed E-state index contributed by atoms with van der Waals surface area (Å²) in [6, 6.07) is 1.33. The molecule has 106 valence electrons. The molecule has 1 saturated carbocycles. The fourth-order valence-electron chi connectivity index (χ4n) is 2.18. The van der Waals surface area contributed by atoms with Gasteiger partial charge in [-0.15, -0.1) is 0 Å². The number of nitrogens with one attached hydrogen (secondary N) is 1. The molecule has 1 heterocycles. The minimum atomic E-state index is -4.58. The summed E-state index contributed by atoms with van der Waals surface area (Å²) in [7, 11) is 0. The highest BCUT2D eigenvalue weighted by Crippen LogP contribution is 2.49. The lowest BCUT2D eigenvalue weighted by atomic mass is 10.0. The first-order chi connectivity index (χ1) is 8.85. The van der Waals surface area contributed by atoms with E-state index in [2.05, 4.69) is 22.2 Å². The number of rotatable bonds is 5. The van der Waals surface area contributed by atoms with E-state index in [0.717, 1.165) is 25.7 Å². The van der Waals surface area contributed by atoms with Gasteiger partial charge in [0, 0.05) is 12.6 Å². The number of hydrogen-bond acceptors (Lipinski definition) is 4. The molecule has 0 aliphatic heterocycles. The first kappa shape index (κ1) is 13.9. The SMILES string of the molecule is CCCC1(CNc2cc(N)nc(C(F)(F)F)n2)CC1. The largest absolute Gasteiger partial charge is 0.451 e. The van der Waals surface area contributed by atoms with Crippen LogP contribution in [0.5, 0.6) is 0 Å². The van der Waals surface area contributed by atoms with Crippen LogP contribution in [0.2, 0.25) is 0 Å². The van der Waals surface area contributed by atoms with Crippen molar-refractivity contribution in [2.24, 2.45) is 5.41 Å². The third-order valence-electron chi connectivity index (χ3n) is 3.38. The number of alkyl halides is 3. The summed E-state index contributed by atoms with van der Waals surface area (Å²) in [6.45, 7) is 2.74. The van der Waals surface area contributed by atoms with Gasteiger partial charge in [-0.2, -0.15) is 13.2 Å². The van der Waals surface area contributed by atoms with Crippen molar-refractivity contribution in [3.8, 4) is 0 Å². The highest BCUT2D eigenvalue weighted by atomic mass is 19.4. The van der Waals surface area contributed by atoms with Gasteiger partial charge in [-0.05, 0) is 24.7 Å². The smallest absolute Gasteiger partial charge is 0.384 e. The normalized spacial score (nSPS) is 17.3. The number of hydrogen-bond donors (Lipinski definition) is 2. The predicted molar refractivity (Wildman–Crippen MR) is 66.5 cm³/mol. The van der Waals surface area contributed by atoms with Gasteiger partial charge in [-0.25, -0.2) is 9.97 Å². The van der Waals surface area contributed by atoms with E-state index in [1.165, 1.54) is 6.07 Å². The highest BCUT2D eigenvalue weighted by Gasteiger charge is 2.41. The maximum absolute atomic E-state index is 12.5. The first-order valence-electron chi connectivity index (χ1n) is 6.30. The lowest BCUT2D eigenvalue weighted by Gasteiger charge is -2.16. The minimum Gasteiger partial charge on any atom is -0.384 e. The van der Waals surface area contributed by atoms with Crippen molar-refractivity contribution in [1.29, 1.82) is 0 Å². The molecule has 7 heteroatoms. The van der Waals surface area contributed by atoms with Gasteiger partial charge in [0.2, 0.25) is 5.82 Å². The standard InChI is InChI=1S/C12H17F3N4/c1-2-3-11(4-5-11)7-17-9-6-8(16)18-10(19-9)12(13,14)15/h6H,2-5,7H2,1H3,(H3,16,17,18,19). The van der Waals surface area contributed by atoms with Crippen molar-refractivity contribution in [1.82, 2.24) is 9.97 Å². The number of aromatic nitrogens is 2. The van der Waals surface area contributed by atoms with Crippen molar-refractivity contribution in [2.75, 3.05) is 17.6 Å². The van der Waals surface area contributed by atoms with E-state index in [0.29, 0.717) is 6.54 Å². The van der Waals surface area contributed by atoms with Crippen LogP contribution in [0.1, 0.15) is 38.4 Å². The molecule has 1 fully saturated rings. The molecule has 0 saturated heterocycles. The molecule has 2 rings (SSSR count). The zero-order chi connectivity index (χ0) is 14.1. The molecule has 0 radical (unpaired) electrons. The van der Waals surface area contributed by atoms with E-state index in [-0.39, 0.29) is 17.1 Å². The lowest BCUT2D eigenvalue weighted by molar-refractivity contribution is -0.144. The summed E-state index contributed by atoms with van der Waals surface area (Å²) in [5, 5.41) is 2.95. The van der Waals surface area contributed by atoms with Crippen molar-refractivity contribution >= 4 is 11.6 Å². The van der Waals surface area contributed by atoms with E-state index in [4.69, 9.17) is 5.73 Å². The van der Waals surface area contributed by atoms with Gasteiger partial charge in [0.25, 0.3) is 0 Å². The molecular weight excluding hydrogens is 257 g/mol. The Labute approximate surface area is 109 Å². The second kappa shape index (κ2) is 4.86. The van der Waals surface area contributed by atoms with E-state index in [1.54, 1.807) is 0 Å². The van der Waals surface area contributed by atoms with Gasteiger partial charge in [-0.1, -0.05) is 13.3 Å². The monoisotopic (exact) mass is 274 g/mol. The summed E-state index contributed by atoms with van der Waals surface area (Å²) in [4.78, 5) is 6.67. The molecule has 1 aromatic rings. The summed E-state index contributed by atoms with van der Waals surface area (Å²) >= 11 is 0. The van der Waals surface area contributed by atoms with Crippen LogP contribution in [0, 0.1) is 5.41 Å². The molecule has 1 aliphatic carbocycles. The van der Waals surface area contributed by atoms with Gasteiger partial charge in [0.05, 0.1) is 0 Å². The van der Waals surface area contributed by atoms with Crippen LogP contribution < -0.4 is 11.1 Å². The third-order valence-corrected chi connectivity index (χ3v) is 3.38. The van der Waals surface area contributed by atoms with Crippen LogP contribution in [0.4, 0.5) is 24.8 Å². The van der Waals surface area contributed by atoms with E-state index in [1.807, 2.05) is 0 Å². The van der Waals surface area contributed by atoms with Crippen LogP contribution >= 0.6 is 0 Å². The molecule has 0 aromatic carbocycles. The molecule has 0 bridgehead atoms. The fraction of sp³-hybridized carbons (Fsp3) is 0.667. The van der Waals surface area contributed by atoms with Crippen molar-refractivity contribution in [2.45, 2.75) is 38.8 Å². The lowest BCUT2D eigenvalue weighted by Crippen LogP contribution is -2.19. The quantitative estimate of drug-likeness (QED) is 0.866. The average molecular weight is 274 g/mol. The van der Waals surface area contributed by atoms with Crippen LogP contribution in [0.25, 0.3) is 0 Å². The molecule has 0 atom stereocenters. The number of nitrogens with two attached hydrogens (primary N) is 1. The minimum absolute atomic E-state index is 0.141. The van der Waals surface area contributed by atoms with Crippen molar-refractivity contribution < 1.29 is 13.2 Å². The molecule has 3 N–H and O–H groups in total. The Morgan fingerprint density at radius 1 is 1.37 bits per heavy atom. The Bertz CT molecular complexity index is 455. The number of anilines is 2. The molecular formula is C12H17F3N4. The topological polar surface area (TPSA) is 63.8 Å². The summed E-state index contributed by atoms with van der Waals surface area (Å²) in [5.41, 5.74) is 5.61. The van der Waals surface area contributed by atoms with Crippen LogP contribution in [-0.2, 0) is 6.18 Å². The van der Waals surface area contributed by atoms with Crippen LogP contribution in [-0.4, -0.2) is 16.5 Å². The number of nitrogens with zero attached hydrogens (tertiary/aromatic N) is 2. The summed E-state index contributed by atoms with van der Waals surface area (Å²) in [5.74, 6) is -1.23. The van der Waals surface area contributed by atoms with Gasteiger partial charge in [0.15, 0.2) is 0 Å². The predicted octanol–water partition coefficient (Wildman–Crippen LogP) is 3.07. The number of halogens is 3. The van der Waals surface area contributed by atoms with E-state index >= 15 is 0 Å². The molecule has 0 unspecified atom stereocenters. The maximum atomic E-state index is 12.5. The second-order valence-corrected chi connectivity index (χ2v) is 5.10. The van der Waals surface area contributed by atoms with Gasteiger partial charge < -0.3 is 11.1 Å². The molecule has 0 amide bonds. The Morgan fingerprint density at radius 3 is 2.58 bits per heavy atom. The van der Waals surface area contributed by atoms with Crippen molar-refractivity contribution in [3.05, 3.63) is 11.9 Å². The Balaban J connectivity index is 2.06. The molecule has 1 aliphatic rings. The Morgan fingerprint density at radius 2 is 2.05 bits per heavy atom. The molecule has 19 heavy (non-hydrogen) atoms. The highest BCUT2D eigenvalue weighted by molar-refractivity contribution is 5.45. The van der Waals surface area contributed by atoms with Crippen LogP contribution in [0.3, 0.4) is 0 Å². The van der Waals surface area contributed by atoms with E-state index < -0.39 is 12.0 Å². The Hall–Kier alpha value is -1.53. The Kier molecular flexibility index (Phi) is 3.56. The molecule has 1 aromatic heterocycles. The second-order valence-electron chi connectivity index (χ2n) is 5.10. The third kappa shape index (κ3) is 3.48. The van der Waals surface area contributed by atoms with Crippen molar-refractivity contribution in [3.63, 3.8) is 0 Å². The van der Waals surface area contributed by atoms with Gasteiger partial charge in [0.1, 0.15) is 11.6 Å². The number of nitrogen functional groups attached to an aromatic ring is 1. The van der Waals surface area contributed by atoms with E-state index in [9.17, 15) is 13.2 Å². The maximum Gasteiger partial charge on any atom is 0.451 e. The zero-order valence-electron chi connectivity index (χ0n) is 10.7. The summed E-state index contributed by atoms with van der Waals surface area (Å²) < 4.78 is 37.6. The fourth-order valence-corrected chi connectivity index (χ4v) is 2.18.